The molecule has 0 rings (SSSR count). The first-order valence-corrected chi connectivity index (χ1v) is 3.86. The molecule has 0 heteroatoms. The average Bonchev–Trinajstić information content (AvgIpc) is 2.03. The highest BCUT2D eigenvalue weighted by atomic mass is 13.8. The molecule has 0 saturated heterocycles. The maximum Gasteiger partial charge on any atom is -0.0166 e. The van der Waals surface area contributed by atoms with Gasteiger partial charge in [-0.25, -0.2) is 0 Å². The topological polar surface area (TPSA) is 0 Å². The molecule has 0 atom stereocenters. The van der Waals surface area contributed by atoms with Crippen LogP contribution in [0.4, 0.5) is 0 Å². The van der Waals surface area contributed by atoms with Gasteiger partial charge in [-0.2, -0.15) is 0 Å². The highest BCUT2D eigenvalue weighted by Gasteiger charge is 1.70. The van der Waals surface area contributed by atoms with E-state index in [-0.39, 0.29) is 0 Å². The Morgan fingerprint density at radius 2 is 1.45 bits per heavy atom. The van der Waals surface area contributed by atoms with Gasteiger partial charge in [-0.15, -0.1) is 6.58 Å². The highest BCUT2D eigenvalue weighted by Crippen LogP contribution is 1.91. The summed E-state index contributed by atoms with van der Waals surface area (Å²) < 4.78 is 0. The van der Waals surface area contributed by atoms with Crippen molar-refractivity contribution in [3.05, 3.63) is 49.6 Å². The Kier molecular flexibility index (Phi) is 8.11. The van der Waals surface area contributed by atoms with Crippen molar-refractivity contribution in [1.82, 2.24) is 0 Å². The summed E-state index contributed by atoms with van der Waals surface area (Å²) in [6, 6.07) is 0. The van der Waals surface area contributed by atoms with Crippen LogP contribution in [-0.4, -0.2) is 0 Å². The van der Waals surface area contributed by atoms with Gasteiger partial charge in [0.15, 0.2) is 0 Å². The van der Waals surface area contributed by atoms with Gasteiger partial charge in [0.25, 0.3) is 0 Å². The molecule has 0 aliphatic heterocycles. The Morgan fingerprint density at radius 3 is 2.00 bits per heavy atom. The summed E-state index contributed by atoms with van der Waals surface area (Å²) in [7, 11) is 0. The van der Waals surface area contributed by atoms with Crippen molar-refractivity contribution in [3.63, 3.8) is 0 Å². The smallest absolute Gasteiger partial charge is 0.0166 e. The average molecular weight is 147 g/mol. The molecule has 0 saturated carbocycles. The third-order valence-corrected chi connectivity index (χ3v) is 1.18. The van der Waals surface area contributed by atoms with E-state index in [9.17, 15) is 0 Å². The van der Waals surface area contributed by atoms with Gasteiger partial charge in [0.2, 0.25) is 0 Å². The predicted octanol–water partition coefficient (Wildman–Crippen LogP) is 3.44. The fraction of sp³-hybridized carbons (Fsp3) is 0.273. The number of rotatable bonds is 6. The van der Waals surface area contributed by atoms with Crippen LogP contribution in [0.2, 0.25) is 0 Å². The van der Waals surface area contributed by atoms with Gasteiger partial charge in [-0.3, -0.25) is 0 Å². The molecule has 0 unspecified atom stereocenters. The van der Waals surface area contributed by atoms with Crippen molar-refractivity contribution in [2.45, 2.75) is 19.3 Å². The van der Waals surface area contributed by atoms with E-state index >= 15 is 0 Å². The van der Waals surface area contributed by atoms with Crippen molar-refractivity contribution < 1.29 is 0 Å². The largest absolute Gasteiger partial charge is 0.103 e. The lowest BCUT2D eigenvalue weighted by Crippen LogP contribution is -1.60. The first kappa shape index (κ1) is 9.96. The summed E-state index contributed by atoms with van der Waals surface area (Å²) in [5, 5.41) is 0. The highest BCUT2D eigenvalue weighted by molar-refractivity contribution is 4.96. The number of hydrogen-bond donors (Lipinski definition) is 0. The van der Waals surface area contributed by atoms with Crippen LogP contribution in [-0.2, 0) is 0 Å². The first-order chi connectivity index (χ1) is 5.41. The Balaban J connectivity index is 3.24. The zero-order valence-corrected chi connectivity index (χ0v) is 6.87. The summed E-state index contributed by atoms with van der Waals surface area (Å²) in [4.78, 5) is 0. The second-order valence-electron chi connectivity index (χ2n) is 2.17. The van der Waals surface area contributed by atoms with Crippen LogP contribution in [0.1, 0.15) is 19.3 Å². The Morgan fingerprint density at radius 1 is 0.909 bits per heavy atom. The molecule has 1 radical (unpaired) electrons. The van der Waals surface area contributed by atoms with Gasteiger partial charge >= 0.3 is 0 Å². The lowest BCUT2D eigenvalue weighted by atomic mass is 10.3. The molecular formula is C11H15. The van der Waals surface area contributed by atoms with Crippen molar-refractivity contribution >= 4 is 0 Å². The van der Waals surface area contributed by atoms with Crippen molar-refractivity contribution in [2.75, 3.05) is 0 Å². The quantitative estimate of drug-likeness (QED) is 0.505. The van der Waals surface area contributed by atoms with Crippen LogP contribution >= 0.6 is 0 Å². The molecule has 0 nitrogen and oxygen atoms in total. The van der Waals surface area contributed by atoms with Crippen LogP contribution in [0.25, 0.3) is 0 Å². The second kappa shape index (κ2) is 8.96. The maximum absolute atomic E-state index is 5.18. The normalized spacial score (nSPS) is 10.9. The zero-order valence-electron chi connectivity index (χ0n) is 6.87. The van der Waals surface area contributed by atoms with Gasteiger partial charge in [-0.1, -0.05) is 43.0 Å². The molecule has 0 spiro atoms. The summed E-state index contributed by atoms with van der Waals surface area (Å²) in [6.07, 6.45) is 14.7. The Bertz CT molecular complexity index is 131. The molecule has 0 N–H and O–H groups in total. The standard InChI is InChI=1S/C11H15/c1-3-5-7-9-11-10-8-6-4-2/h1,3-4,7-10H,2,5-6,11H2/b3-1?,9-7+,10-8+. The minimum atomic E-state index is 0.856. The third-order valence-electron chi connectivity index (χ3n) is 1.18. The van der Waals surface area contributed by atoms with E-state index in [1.807, 2.05) is 6.08 Å². The van der Waals surface area contributed by atoms with Crippen LogP contribution in [0, 0.1) is 6.58 Å². The summed E-state index contributed by atoms with van der Waals surface area (Å²) in [6.45, 7) is 8.80. The first-order valence-electron chi connectivity index (χ1n) is 3.86. The molecule has 59 valence electrons. The van der Waals surface area contributed by atoms with Gasteiger partial charge in [0.1, 0.15) is 0 Å². The summed E-state index contributed by atoms with van der Waals surface area (Å²) >= 11 is 0. The molecule has 0 aliphatic rings. The summed E-state index contributed by atoms with van der Waals surface area (Å²) in [5.74, 6) is 0. The lowest BCUT2D eigenvalue weighted by Gasteiger charge is -1.81. The molecule has 0 aromatic carbocycles. The van der Waals surface area contributed by atoms with E-state index in [1.54, 1.807) is 6.08 Å². The molecule has 0 heterocycles. The molecule has 0 amide bonds. The molecule has 0 bridgehead atoms. The van der Waals surface area contributed by atoms with Crippen molar-refractivity contribution in [1.29, 1.82) is 0 Å². The lowest BCUT2D eigenvalue weighted by molar-refractivity contribution is 1.28. The molecule has 0 aromatic rings. The summed E-state index contributed by atoms with van der Waals surface area (Å²) in [5.41, 5.74) is 0. The van der Waals surface area contributed by atoms with Crippen LogP contribution < -0.4 is 0 Å². The van der Waals surface area contributed by atoms with E-state index in [1.165, 1.54) is 0 Å². The van der Waals surface area contributed by atoms with E-state index < -0.39 is 0 Å². The fourth-order valence-electron chi connectivity index (χ4n) is 0.638. The van der Waals surface area contributed by atoms with Gasteiger partial charge in [0.05, 0.1) is 0 Å². The van der Waals surface area contributed by atoms with E-state index in [0.717, 1.165) is 19.3 Å². The molecule has 0 fully saturated rings. The minimum absolute atomic E-state index is 0.856. The van der Waals surface area contributed by atoms with Crippen LogP contribution in [0.3, 0.4) is 0 Å². The van der Waals surface area contributed by atoms with Gasteiger partial charge < -0.3 is 0 Å². The Hall–Kier alpha value is -1.04. The van der Waals surface area contributed by atoms with Crippen LogP contribution in [0.15, 0.2) is 43.0 Å². The third kappa shape index (κ3) is 8.96. The number of hydrogen-bond acceptors (Lipinski definition) is 0. The molecule has 0 aliphatic carbocycles. The number of allylic oxidation sites excluding steroid dienone is 6. The second-order valence-corrected chi connectivity index (χ2v) is 2.17. The monoisotopic (exact) mass is 147 g/mol. The molecule has 0 aromatic heterocycles. The van der Waals surface area contributed by atoms with E-state index in [0.29, 0.717) is 0 Å². The molecular weight excluding hydrogens is 132 g/mol. The van der Waals surface area contributed by atoms with Gasteiger partial charge in [-0.05, 0) is 19.3 Å². The Labute approximate surface area is 69.6 Å². The van der Waals surface area contributed by atoms with E-state index in [2.05, 4.69) is 30.9 Å². The zero-order chi connectivity index (χ0) is 8.36. The van der Waals surface area contributed by atoms with Crippen molar-refractivity contribution in [3.8, 4) is 0 Å². The van der Waals surface area contributed by atoms with Gasteiger partial charge in [0, 0.05) is 0 Å². The maximum atomic E-state index is 5.18. The van der Waals surface area contributed by atoms with E-state index in [4.69, 9.17) is 6.58 Å². The van der Waals surface area contributed by atoms with Crippen molar-refractivity contribution in [2.24, 2.45) is 0 Å². The predicted molar refractivity (Wildman–Crippen MR) is 51.2 cm³/mol. The SMILES string of the molecule is [CH]=CC/C=C/C/C=C/CC=C. The molecule has 11 heavy (non-hydrogen) atoms. The fourth-order valence-corrected chi connectivity index (χ4v) is 0.638. The minimum Gasteiger partial charge on any atom is -0.103 e. The van der Waals surface area contributed by atoms with Crippen LogP contribution in [0.5, 0.6) is 0 Å².